The zero-order valence-electron chi connectivity index (χ0n) is 24.1. The van der Waals surface area contributed by atoms with Crippen LogP contribution in [0, 0.1) is 13.8 Å². The molecule has 2 aromatic heterocycles. The number of carbonyl (C=O) groups excluding carboxylic acids is 2. The Morgan fingerprint density at radius 3 is 2.56 bits per heavy atom. The van der Waals surface area contributed by atoms with Gasteiger partial charge in [-0.3, -0.25) is 14.3 Å². The molecule has 3 aromatic rings. The quantitative estimate of drug-likeness (QED) is 0.205. The van der Waals surface area contributed by atoms with Crippen molar-refractivity contribution in [3.8, 4) is 5.75 Å². The first-order valence-corrected chi connectivity index (χ1v) is 14.6. The molecule has 1 amide bonds. The van der Waals surface area contributed by atoms with Crippen molar-refractivity contribution >= 4 is 23.7 Å². The van der Waals surface area contributed by atoms with E-state index in [1.807, 2.05) is 60.1 Å². The van der Waals surface area contributed by atoms with Gasteiger partial charge in [0.15, 0.2) is 0 Å². The van der Waals surface area contributed by atoms with Crippen LogP contribution in [0.1, 0.15) is 78.2 Å². The van der Waals surface area contributed by atoms with Gasteiger partial charge in [0.1, 0.15) is 5.75 Å². The molecule has 0 spiro atoms. The maximum absolute atomic E-state index is 13.0. The summed E-state index contributed by atoms with van der Waals surface area (Å²) in [6.07, 6.45) is 13.0. The molecule has 0 N–H and O–H groups in total. The van der Waals surface area contributed by atoms with Crippen LogP contribution in [0.5, 0.6) is 5.75 Å². The second kappa shape index (κ2) is 18.2. The maximum atomic E-state index is 13.0. The van der Waals surface area contributed by atoms with Gasteiger partial charge in [0.05, 0.1) is 31.3 Å². The van der Waals surface area contributed by atoms with Crippen molar-refractivity contribution in [1.82, 2.24) is 19.7 Å². The van der Waals surface area contributed by atoms with E-state index in [2.05, 4.69) is 28.7 Å². The van der Waals surface area contributed by atoms with Crippen LogP contribution in [0.25, 0.3) is 0 Å². The molecule has 0 aliphatic carbocycles. The van der Waals surface area contributed by atoms with Crippen LogP contribution in [-0.4, -0.2) is 58.3 Å². The molecule has 8 nitrogen and oxygen atoms in total. The number of aryl methyl sites for hydroxylation is 3. The maximum Gasteiger partial charge on any atom is 0.293 e. The zero-order chi connectivity index (χ0) is 28.5. The molecule has 1 aliphatic rings. The number of hydrogen-bond donors (Lipinski definition) is 0. The number of thiazole rings is 1. The minimum atomic E-state index is 0.0926. The summed E-state index contributed by atoms with van der Waals surface area (Å²) in [6, 6.07) is 8.01. The van der Waals surface area contributed by atoms with Gasteiger partial charge in [0.2, 0.25) is 0 Å². The molecule has 214 valence electrons. The highest BCUT2D eigenvalue weighted by Gasteiger charge is 2.30. The number of benzene rings is 1. The summed E-state index contributed by atoms with van der Waals surface area (Å²) in [5, 5.41) is 5.42. The highest BCUT2D eigenvalue weighted by atomic mass is 32.1. The van der Waals surface area contributed by atoms with E-state index >= 15 is 0 Å². The molecular formula is C30H44N4O4S. The number of nitrogens with zero attached hydrogens (tertiary/aromatic N) is 4. The number of ether oxygens (including phenoxy) is 2. The summed E-state index contributed by atoms with van der Waals surface area (Å²) in [6.45, 7) is 10.9. The molecule has 0 bridgehead atoms. The molecule has 0 radical (unpaired) electrons. The molecule has 9 heteroatoms. The largest absolute Gasteiger partial charge is 0.496 e. The third kappa shape index (κ3) is 11.2. The fourth-order valence-corrected chi connectivity index (χ4v) is 4.95. The topological polar surface area (TPSA) is 86.6 Å². The smallest absolute Gasteiger partial charge is 0.293 e. The van der Waals surface area contributed by atoms with Crippen molar-refractivity contribution in [3.63, 3.8) is 0 Å². The molecule has 1 fully saturated rings. The van der Waals surface area contributed by atoms with Gasteiger partial charge < -0.3 is 14.4 Å². The van der Waals surface area contributed by atoms with Crippen LogP contribution in [0.3, 0.4) is 0 Å². The Balaban J connectivity index is 0.000000311. The lowest BCUT2D eigenvalue weighted by atomic mass is 10.0. The third-order valence-electron chi connectivity index (χ3n) is 6.35. The highest BCUT2D eigenvalue weighted by Crippen LogP contribution is 2.26. The van der Waals surface area contributed by atoms with Gasteiger partial charge in [-0.1, -0.05) is 32.8 Å². The lowest BCUT2D eigenvalue weighted by molar-refractivity contribution is -0.128. The van der Waals surface area contributed by atoms with Crippen molar-refractivity contribution < 1.29 is 19.1 Å². The average molecular weight is 557 g/mol. The van der Waals surface area contributed by atoms with Crippen LogP contribution in [0.2, 0.25) is 0 Å². The van der Waals surface area contributed by atoms with Gasteiger partial charge in [0.25, 0.3) is 12.4 Å². The lowest BCUT2D eigenvalue weighted by Gasteiger charge is -2.25. The van der Waals surface area contributed by atoms with Gasteiger partial charge >= 0.3 is 0 Å². The predicted molar refractivity (Wildman–Crippen MR) is 156 cm³/mol. The molecule has 1 atom stereocenters. The number of carbonyl (C=O) groups is 2. The normalized spacial score (nSPS) is 14.1. The summed E-state index contributed by atoms with van der Waals surface area (Å²) in [7, 11) is 1.68. The van der Waals surface area contributed by atoms with E-state index in [0.29, 0.717) is 18.6 Å². The van der Waals surface area contributed by atoms with E-state index in [1.165, 1.54) is 10.4 Å². The van der Waals surface area contributed by atoms with Gasteiger partial charge in [-0.2, -0.15) is 5.10 Å². The monoisotopic (exact) mass is 556 g/mol. The second-order valence-electron chi connectivity index (χ2n) is 9.46. The van der Waals surface area contributed by atoms with Crippen molar-refractivity contribution in [2.45, 2.75) is 85.2 Å². The summed E-state index contributed by atoms with van der Waals surface area (Å²) in [5.41, 5.74) is 1.89. The summed E-state index contributed by atoms with van der Waals surface area (Å²) < 4.78 is 11.8. The summed E-state index contributed by atoms with van der Waals surface area (Å²) in [5.74, 6) is 0.914. The molecule has 1 unspecified atom stereocenters. The molecule has 1 saturated heterocycles. The standard InChI is InChI=1S/C20H27N3O2.C5H7NS.C5H10O2/c1-3-4-7-16-9-10-17(14-19(16)25-2)20(24)23-13-5-8-18(23)15-22-12-6-11-21-22;1-4-3-6-5(2)7-4;1-2-3-4-7-5-6/h6,9-12,14,18H,3-5,7-8,13,15H2,1-2H3;3H,1-2H3;5H,2-4H2,1H3. The van der Waals surface area contributed by atoms with E-state index in [4.69, 9.17) is 4.74 Å². The highest BCUT2D eigenvalue weighted by molar-refractivity contribution is 7.11. The van der Waals surface area contributed by atoms with E-state index in [9.17, 15) is 9.59 Å². The molecule has 0 saturated carbocycles. The number of hydrogen-bond acceptors (Lipinski definition) is 7. The number of unbranched alkanes of at least 4 members (excludes halogenated alkanes) is 2. The minimum absolute atomic E-state index is 0.0926. The number of aromatic nitrogens is 3. The zero-order valence-corrected chi connectivity index (χ0v) is 24.9. The third-order valence-corrected chi connectivity index (χ3v) is 7.18. The van der Waals surface area contributed by atoms with E-state index in [-0.39, 0.29) is 11.9 Å². The van der Waals surface area contributed by atoms with E-state index in [0.717, 1.165) is 68.8 Å². The van der Waals surface area contributed by atoms with Gasteiger partial charge in [-0.05, 0) is 69.7 Å². The minimum Gasteiger partial charge on any atom is -0.496 e. The SMILES string of the molecule is CCCCOC=O.CCCCc1ccc(C(=O)N2CCCC2Cn2cccn2)cc1OC.Cc1cnc(C)s1. The Kier molecular flexibility index (Phi) is 14.9. The summed E-state index contributed by atoms with van der Waals surface area (Å²) in [4.78, 5) is 29.8. The number of rotatable bonds is 11. The van der Waals surface area contributed by atoms with Gasteiger partial charge in [-0.25, -0.2) is 4.98 Å². The Morgan fingerprint density at radius 1 is 1.21 bits per heavy atom. The summed E-state index contributed by atoms with van der Waals surface area (Å²) >= 11 is 1.73. The Hall–Kier alpha value is -3.20. The van der Waals surface area contributed by atoms with E-state index in [1.54, 1.807) is 24.6 Å². The number of amides is 1. The van der Waals surface area contributed by atoms with Gasteiger partial charge in [0, 0.05) is 35.6 Å². The van der Waals surface area contributed by atoms with Gasteiger partial charge in [-0.15, -0.1) is 11.3 Å². The number of likely N-dealkylation sites (tertiary alicyclic amines) is 1. The Bertz CT molecular complexity index is 1080. The van der Waals surface area contributed by atoms with Crippen LogP contribution in [-0.2, 0) is 22.5 Å². The first-order chi connectivity index (χ1) is 18.9. The van der Waals surface area contributed by atoms with E-state index < -0.39 is 0 Å². The van der Waals surface area contributed by atoms with Crippen LogP contribution >= 0.6 is 11.3 Å². The van der Waals surface area contributed by atoms with Crippen molar-refractivity contribution in [1.29, 1.82) is 0 Å². The first-order valence-electron chi connectivity index (χ1n) is 13.8. The predicted octanol–water partition coefficient (Wildman–Crippen LogP) is 6.26. The molecule has 3 heterocycles. The molecule has 1 aromatic carbocycles. The number of methoxy groups -OCH3 is 1. The molecule has 39 heavy (non-hydrogen) atoms. The molecule has 1 aliphatic heterocycles. The Morgan fingerprint density at radius 2 is 2.00 bits per heavy atom. The first kappa shape index (κ1) is 32.0. The Labute approximate surface area is 237 Å². The molecular weight excluding hydrogens is 512 g/mol. The fourth-order valence-electron chi connectivity index (χ4n) is 4.28. The average Bonchev–Trinajstić information content (AvgIpc) is 3.71. The molecule has 4 rings (SSSR count). The van der Waals surface area contributed by atoms with Crippen molar-refractivity contribution in [2.75, 3.05) is 20.3 Å². The second-order valence-corrected chi connectivity index (χ2v) is 10.9. The lowest BCUT2D eigenvalue weighted by Crippen LogP contribution is -2.38. The van der Waals surface area contributed by atoms with Crippen molar-refractivity contribution in [3.05, 3.63) is 63.9 Å². The van der Waals surface area contributed by atoms with Crippen molar-refractivity contribution in [2.24, 2.45) is 0 Å². The fraction of sp³-hybridized carbons (Fsp3) is 0.533. The van der Waals surface area contributed by atoms with Crippen LogP contribution in [0.4, 0.5) is 0 Å². The van der Waals surface area contributed by atoms with Crippen LogP contribution < -0.4 is 4.74 Å². The van der Waals surface area contributed by atoms with Crippen LogP contribution in [0.15, 0.2) is 42.9 Å².